The van der Waals surface area contributed by atoms with Crippen molar-refractivity contribution in [1.29, 1.82) is 0 Å². The van der Waals surface area contributed by atoms with Crippen molar-refractivity contribution < 1.29 is 19.1 Å². The molecule has 6 heteroatoms. The van der Waals surface area contributed by atoms with E-state index in [0.717, 1.165) is 74.4 Å². The first kappa shape index (κ1) is 43.8. The molecule has 0 aromatic heterocycles. The molecule has 282 valence electrons. The Kier molecular flexibility index (Phi) is 25.6. The second kappa shape index (κ2) is 29.2. The maximum Gasteiger partial charge on any atom is 0.158 e. The third-order valence-corrected chi connectivity index (χ3v) is 9.42. The van der Waals surface area contributed by atoms with Crippen LogP contribution in [-0.2, 0) is 32.3 Å². The number of rotatable bonds is 33. The van der Waals surface area contributed by atoms with Crippen LogP contribution in [0.1, 0.15) is 142 Å². The van der Waals surface area contributed by atoms with Gasteiger partial charge in [0, 0.05) is 12.8 Å². The minimum absolute atomic E-state index is 0.164. The Hall–Kier alpha value is -2.38. The third kappa shape index (κ3) is 21.1. The minimum atomic E-state index is 0.164. The number of ketones is 2. The molecule has 2 aromatic carbocycles. The Morgan fingerprint density at radius 2 is 0.860 bits per heavy atom. The summed E-state index contributed by atoms with van der Waals surface area (Å²) < 4.78 is 11.7. The summed E-state index contributed by atoms with van der Waals surface area (Å²) in [5, 5.41) is 0. The topological polar surface area (TPSA) is 59.1 Å². The monoisotopic (exact) mass is 693 g/mol. The molecule has 0 unspecified atom stereocenters. The van der Waals surface area contributed by atoms with E-state index in [0.29, 0.717) is 26.1 Å². The van der Waals surface area contributed by atoms with Gasteiger partial charge in [0.2, 0.25) is 0 Å². The number of Topliss-reactive ketones (excluding diaryl/α,β-unsaturated/α-hetero) is 2. The van der Waals surface area contributed by atoms with Crippen LogP contribution in [0.25, 0.3) is 11.1 Å². The predicted molar refractivity (Wildman–Crippen MR) is 211 cm³/mol. The molecule has 2 aromatic rings. The van der Waals surface area contributed by atoms with Crippen molar-refractivity contribution >= 4 is 11.6 Å². The van der Waals surface area contributed by atoms with E-state index in [-0.39, 0.29) is 24.8 Å². The highest BCUT2D eigenvalue weighted by molar-refractivity contribution is 5.80. The Bertz CT molecular complexity index is 1060. The first-order chi connectivity index (χ1) is 24.5. The highest BCUT2D eigenvalue weighted by atomic mass is 16.5. The van der Waals surface area contributed by atoms with Crippen LogP contribution in [0.15, 0.2) is 48.5 Å². The van der Waals surface area contributed by atoms with Gasteiger partial charge >= 0.3 is 0 Å². The zero-order chi connectivity index (χ0) is 36.1. The minimum Gasteiger partial charge on any atom is -0.369 e. The molecule has 0 saturated heterocycles. The average molecular weight is 693 g/mol. The van der Waals surface area contributed by atoms with Crippen LogP contribution in [0.4, 0.5) is 0 Å². The molecule has 6 nitrogen and oxygen atoms in total. The highest BCUT2D eigenvalue weighted by Crippen LogP contribution is 2.22. The van der Waals surface area contributed by atoms with Gasteiger partial charge in [-0.05, 0) is 112 Å². The molecule has 0 heterocycles. The van der Waals surface area contributed by atoms with Crippen LogP contribution < -0.4 is 0 Å². The standard InChI is InChI=1S/C44H72N2O4/c1-5-9-13-15-29-45(27-11-7-3)31-19-25-43(47)37-49-35-39-21-17-23-41(33-39)42-24-18-22-40(34-42)36-50-38-44(48)26-20-32-46(28-12-8-4)30-16-14-10-6-2/h17-18,21-24,33-34H,5-16,19-20,25-32,35-38H2,1-4H3. The lowest BCUT2D eigenvalue weighted by Crippen LogP contribution is -2.28. The molecule has 0 N–H and O–H groups in total. The predicted octanol–water partition coefficient (Wildman–Crippen LogP) is 10.5. The molecule has 0 spiro atoms. The first-order valence-electron chi connectivity index (χ1n) is 20.3. The Balaban J connectivity index is 1.72. The molecular weight excluding hydrogens is 620 g/mol. The summed E-state index contributed by atoms with van der Waals surface area (Å²) in [7, 11) is 0. The molecule has 0 fully saturated rings. The summed E-state index contributed by atoms with van der Waals surface area (Å²) in [6.07, 6.45) is 18.1. The van der Waals surface area contributed by atoms with E-state index in [9.17, 15) is 9.59 Å². The van der Waals surface area contributed by atoms with Crippen molar-refractivity contribution in [1.82, 2.24) is 9.80 Å². The van der Waals surface area contributed by atoms with E-state index in [1.165, 1.54) is 77.0 Å². The summed E-state index contributed by atoms with van der Waals surface area (Å²) in [5.41, 5.74) is 4.30. The van der Waals surface area contributed by atoms with E-state index in [4.69, 9.17) is 9.47 Å². The Morgan fingerprint density at radius 1 is 0.480 bits per heavy atom. The van der Waals surface area contributed by atoms with Gasteiger partial charge in [-0.1, -0.05) is 115 Å². The van der Waals surface area contributed by atoms with Gasteiger partial charge in [0.25, 0.3) is 0 Å². The SMILES string of the molecule is CCCCCCN(CCCC)CCCC(=O)COCc1cccc(-c2cccc(COCC(=O)CCCN(CCCC)CCCCCC)c2)c1. The lowest BCUT2D eigenvalue weighted by molar-refractivity contribution is -0.124. The van der Waals surface area contributed by atoms with Crippen molar-refractivity contribution in [3.8, 4) is 11.1 Å². The molecule has 0 aliphatic rings. The first-order valence-corrected chi connectivity index (χ1v) is 20.3. The van der Waals surface area contributed by atoms with Crippen molar-refractivity contribution in [2.75, 3.05) is 52.5 Å². The van der Waals surface area contributed by atoms with E-state index in [2.05, 4.69) is 61.8 Å². The smallest absolute Gasteiger partial charge is 0.158 e. The van der Waals surface area contributed by atoms with E-state index < -0.39 is 0 Å². The molecule has 0 aliphatic heterocycles. The van der Waals surface area contributed by atoms with Crippen LogP contribution >= 0.6 is 0 Å². The van der Waals surface area contributed by atoms with Gasteiger partial charge in [-0.15, -0.1) is 0 Å². The van der Waals surface area contributed by atoms with Crippen LogP contribution in [-0.4, -0.2) is 73.8 Å². The summed E-state index contributed by atoms with van der Waals surface area (Å²) in [6, 6.07) is 16.6. The van der Waals surface area contributed by atoms with Gasteiger partial charge in [-0.25, -0.2) is 0 Å². The maximum atomic E-state index is 12.6. The van der Waals surface area contributed by atoms with Gasteiger partial charge in [-0.3, -0.25) is 9.59 Å². The van der Waals surface area contributed by atoms with Crippen LogP contribution in [0.5, 0.6) is 0 Å². The van der Waals surface area contributed by atoms with E-state index in [1.807, 2.05) is 24.3 Å². The number of hydrogen-bond acceptors (Lipinski definition) is 6. The number of carbonyl (C=O) groups is 2. The molecule has 0 atom stereocenters. The van der Waals surface area contributed by atoms with E-state index >= 15 is 0 Å². The third-order valence-electron chi connectivity index (χ3n) is 9.42. The second-order valence-corrected chi connectivity index (χ2v) is 14.2. The fourth-order valence-electron chi connectivity index (χ4n) is 6.35. The average Bonchev–Trinajstić information content (AvgIpc) is 3.12. The zero-order valence-corrected chi connectivity index (χ0v) is 32.5. The summed E-state index contributed by atoms with van der Waals surface area (Å²) >= 11 is 0. The van der Waals surface area contributed by atoms with Crippen molar-refractivity contribution in [2.24, 2.45) is 0 Å². The van der Waals surface area contributed by atoms with Gasteiger partial charge in [0.1, 0.15) is 13.2 Å². The Morgan fingerprint density at radius 3 is 1.26 bits per heavy atom. The van der Waals surface area contributed by atoms with Gasteiger partial charge in [0.05, 0.1) is 13.2 Å². The molecular formula is C44H72N2O4. The molecule has 2 rings (SSSR count). The summed E-state index contributed by atoms with van der Waals surface area (Å²) in [4.78, 5) is 30.2. The second-order valence-electron chi connectivity index (χ2n) is 14.2. The maximum absolute atomic E-state index is 12.6. The fourth-order valence-corrected chi connectivity index (χ4v) is 6.35. The molecule has 0 saturated carbocycles. The molecule has 50 heavy (non-hydrogen) atoms. The molecule has 0 amide bonds. The number of benzene rings is 2. The largest absolute Gasteiger partial charge is 0.369 e. The van der Waals surface area contributed by atoms with Crippen molar-refractivity contribution in [3.63, 3.8) is 0 Å². The molecule has 0 bridgehead atoms. The summed E-state index contributed by atoms with van der Waals surface area (Å²) in [6.45, 7) is 16.7. The normalized spacial score (nSPS) is 11.6. The van der Waals surface area contributed by atoms with Crippen LogP contribution in [0.2, 0.25) is 0 Å². The molecule has 0 aliphatic carbocycles. The lowest BCUT2D eigenvalue weighted by Gasteiger charge is -2.22. The van der Waals surface area contributed by atoms with Crippen molar-refractivity contribution in [2.45, 2.75) is 144 Å². The summed E-state index contributed by atoms with van der Waals surface area (Å²) in [5.74, 6) is 0.362. The number of unbranched alkanes of at least 4 members (excludes halogenated alkanes) is 8. The quantitative estimate of drug-likeness (QED) is 0.0694. The fraction of sp³-hybridized carbons (Fsp3) is 0.682. The van der Waals surface area contributed by atoms with Crippen LogP contribution in [0, 0.1) is 0 Å². The molecule has 0 radical (unpaired) electrons. The van der Waals surface area contributed by atoms with Gasteiger partial charge < -0.3 is 19.3 Å². The Labute approximate surface area is 306 Å². The van der Waals surface area contributed by atoms with Gasteiger partial charge in [-0.2, -0.15) is 0 Å². The zero-order valence-electron chi connectivity index (χ0n) is 32.5. The number of nitrogens with zero attached hydrogens (tertiary/aromatic N) is 2. The number of carbonyl (C=O) groups excluding carboxylic acids is 2. The lowest BCUT2D eigenvalue weighted by atomic mass is 10.0. The number of ether oxygens (including phenoxy) is 2. The highest BCUT2D eigenvalue weighted by Gasteiger charge is 2.10. The van der Waals surface area contributed by atoms with Gasteiger partial charge in [0.15, 0.2) is 11.6 Å². The van der Waals surface area contributed by atoms with Crippen LogP contribution in [0.3, 0.4) is 0 Å². The number of hydrogen-bond donors (Lipinski definition) is 0. The van der Waals surface area contributed by atoms with Crippen molar-refractivity contribution in [3.05, 3.63) is 59.7 Å². The van der Waals surface area contributed by atoms with E-state index in [1.54, 1.807) is 0 Å².